The van der Waals surface area contributed by atoms with Crippen LogP contribution in [0, 0.1) is 0 Å². The summed E-state index contributed by atoms with van der Waals surface area (Å²) in [6, 6.07) is 6.19. The second-order valence-electron chi connectivity index (χ2n) is 4.15. The van der Waals surface area contributed by atoms with E-state index in [0.29, 0.717) is 20.2 Å². The molecule has 1 N–H and O–H groups in total. The van der Waals surface area contributed by atoms with Crippen LogP contribution in [-0.2, 0) is 9.53 Å². The average molecular weight is 404 g/mol. The maximum atomic E-state index is 11.8. The first-order valence-corrected chi connectivity index (χ1v) is 7.53. The molecule has 0 saturated heterocycles. The highest BCUT2D eigenvalue weighted by molar-refractivity contribution is 9.10. The van der Waals surface area contributed by atoms with Crippen LogP contribution in [-0.4, -0.2) is 23.5 Å². The minimum absolute atomic E-state index is 0.247. The number of anilines is 1. The van der Waals surface area contributed by atoms with E-state index in [1.54, 1.807) is 18.2 Å². The Balaban J connectivity index is 1.90. The molecule has 2 aromatic rings. The molecule has 0 fully saturated rings. The molecule has 1 aromatic heterocycles. The number of aromatic nitrogens is 1. The van der Waals surface area contributed by atoms with Gasteiger partial charge >= 0.3 is 5.97 Å². The van der Waals surface area contributed by atoms with Crippen molar-refractivity contribution in [1.29, 1.82) is 0 Å². The Morgan fingerprint density at radius 3 is 2.64 bits per heavy atom. The van der Waals surface area contributed by atoms with Crippen molar-refractivity contribution in [2.24, 2.45) is 0 Å². The van der Waals surface area contributed by atoms with Crippen molar-refractivity contribution in [2.75, 3.05) is 11.9 Å². The summed E-state index contributed by atoms with van der Waals surface area (Å²) in [6.45, 7) is -0.425. The quantitative estimate of drug-likeness (QED) is 0.785. The summed E-state index contributed by atoms with van der Waals surface area (Å²) in [5, 5.41) is 3.24. The van der Waals surface area contributed by atoms with Crippen molar-refractivity contribution in [1.82, 2.24) is 4.98 Å². The van der Waals surface area contributed by atoms with Crippen molar-refractivity contribution in [3.05, 3.63) is 56.7 Å². The smallest absolute Gasteiger partial charge is 0.340 e. The summed E-state index contributed by atoms with van der Waals surface area (Å²) in [5.41, 5.74) is 0.705. The number of nitrogens with zero attached hydrogens (tertiary/aromatic N) is 1. The molecular formula is C14H9BrCl2N2O3. The van der Waals surface area contributed by atoms with Gasteiger partial charge in [-0.2, -0.15) is 0 Å². The number of amides is 1. The molecule has 2 rings (SSSR count). The summed E-state index contributed by atoms with van der Waals surface area (Å²) in [7, 11) is 0. The lowest BCUT2D eigenvalue weighted by Crippen LogP contribution is -2.21. The van der Waals surface area contributed by atoms with E-state index in [1.165, 1.54) is 18.5 Å². The maximum absolute atomic E-state index is 11.8. The van der Waals surface area contributed by atoms with Gasteiger partial charge < -0.3 is 10.1 Å². The van der Waals surface area contributed by atoms with Crippen molar-refractivity contribution in [2.45, 2.75) is 0 Å². The zero-order chi connectivity index (χ0) is 16.1. The molecule has 0 bridgehead atoms. The SMILES string of the molecule is O=C(COC(=O)c1cncc(Br)c1)Nc1ccc(Cl)c(Cl)c1. The molecule has 114 valence electrons. The van der Waals surface area contributed by atoms with E-state index in [1.807, 2.05) is 0 Å². The molecular weight excluding hydrogens is 395 g/mol. The first kappa shape index (κ1) is 16.7. The fourth-order valence-electron chi connectivity index (χ4n) is 1.51. The third kappa shape index (κ3) is 4.69. The lowest BCUT2D eigenvalue weighted by atomic mass is 10.3. The van der Waals surface area contributed by atoms with Crippen LogP contribution in [0.4, 0.5) is 5.69 Å². The van der Waals surface area contributed by atoms with Gasteiger partial charge in [0.15, 0.2) is 6.61 Å². The predicted octanol–water partition coefficient (Wildman–Crippen LogP) is 3.95. The van der Waals surface area contributed by atoms with Crippen LogP contribution in [0.25, 0.3) is 0 Å². The molecule has 0 unspecified atom stereocenters. The van der Waals surface area contributed by atoms with Crippen LogP contribution in [0.2, 0.25) is 10.0 Å². The predicted molar refractivity (Wildman–Crippen MR) is 87.3 cm³/mol. The zero-order valence-corrected chi connectivity index (χ0v) is 14.1. The second kappa shape index (κ2) is 7.58. The lowest BCUT2D eigenvalue weighted by Gasteiger charge is -2.07. The van der Waals surface area contributed by atoms with Crippen LogP contribution in [0.3, 0.4) is 0 Å². The van der Waals surface area contributed by atoms with E-state index < -0.39 is 18.5 Å². The van der Waals surface area contributed by atoms with Gasteiger partial charge in [-0.3, -0.25) is 9.78 Å². The van der Waals surface area contributed by atoms with Crippen LogP contribution in [0.15, 0.2) is 41.1 Å². The summed E-state index contributed by atoms with van der Waals surface area (Å²) in [6.07, 6.45) is 2.89. The number of pyridine rings is 1. The standard InChI is InChI=1S/C14H9BrCl2N2O3/c15-9-3-8(5-18-6-9)14(21)22-7-13(20)19-10-1-2-11(16)12(17)4-10/h1-6H,7H2,(H,19,20). The third-order valence-electron chi connectivity index (χ3n) is 2.48. The molecule has 22 heavy (non-hydrogen) atoms. The highest BCUT2D eigenvalue weighted by Gasteiger charge is 2.11. The molecule has 5 nitrogen and oxygen atoms in total. The van der Waals surface area contributed by atoms with E-state index in [4.69, 9.17) is 27.9 Å². The Morgan fingerprint density at radius 2 is 1.95 bits per heavy atom. The molecule has 0 spiro atoms. The van der Waals surface area contributed by atoms with Crippen LogP contribution < -0.4 is 5.32 Å². The van der Waals surface area contributed by atoms with Crippen molar-refractivity contribution >= 4 is 56.7 Å². The number of rotatable bonds is 4. The lowest BCUT2D eigenvalue weighted by molar-refractivity contribution is -0.119. The molecule has 1 amide bonds. The Kier molecular flexibility index (Phi) is 5.76. The highest BCUT2D eigenvalue weighted by atomic mass is 79.9. The van der Waals surface area contributed by atoms with Gasteiger partial charge in [0.05, 0.1) is 15.6 Å². The van der Waals surface area contributed by atoms with Crippen LogP contribution in [0.5, 0.6) is 0 Å². The Morgan fingerprint density at radius 1 is 1.18 bits per heavy atom. The van der Waals surface area contributed by atoms with Gasteiger partial charge in [-0.05, 0) is 40.2 Å². The van der Waals surface area contributed by atoms with Gasteiger partial charge in [0.25, 0.3) is 5.91 Å². The van der Waals surface area contributed by atoms with Crippen molar-refractivity contribution in [3.63, 3.8) is 0 Å². The van der Waals surface area contributed by atoms with Crippen molar-refractivity contribution in [3.8, 4) is 0 Å². The van der Waals surface area contributed by atoms with Crippen molar-refractivity contribution < 1.29 is 14.3 Å². The number of hydrogen-bond acceptors (Lipinski definition) is 4. The van der Waals surface area contributed by atoms with Gasteiger partial charge in [-0.25, -0.2) is 4.79 Å². The molecule has 0 aliphatic heterocycles. The number of esters is 1. The summed E-state index contributed by atoms with van der Waals surface area (Å²) in [4.78, 5) is 27.3. The third-order valence-corrected chi connectivity index (χ3v) is 3.65. The van der Waals surface area contributed by atoms with Crippen LogP contribution >= 0.6 is 39.1 Å². The number of hydrogen-bond donors (Lipinski definition) is 1. The fraction of sp³-hybridized carbons (Fsp3) is 0.0714. The summed E-state index contributed by atoms with van der Waals surface area (Å²) >= 11 is 14.8. The number of nitrogens with one attached hydrogen (secondary N) is 1. The molecule has 0 radical (unpaired) electrons. The fourth-order valence-corrected chi connectivity index (χ4v) is 2.17. The van der Waals surface area contributed by atoms with E-state index in [0.717, 1.165) is 0 Å². The van der Waals surface area contributed by atoms with E-state index >= 15 is 0 Å². The molecule has 0 saturated carbocycles. The molecule has 1 heterocycles. The first-order chi connectivity index (χ1) is 10.5. The number of ether oxygens (including phenoxy) is 1. The largest absolute Gasteiger partial charge is 0.452 e. The molecule has 1 aromatic carbocycles. The van der Waals surface area contributed by atoms with Gasteiger partial charge in [-0.15, -0.1) is 0 Å². The molecule has 0 aliphatic carbocycles. The number of benzene rings is 1. The number of carbonyl (C=O) groups excluding carboxylic acids is 2. The highest BCUT2D eigenvalue weighted by Crippen LogP contribution is 2.24. The summed E-state index contributed by atoms with van der Waals surface area (Å²) < 4.78 is 5.54. The first-order valence-electron chi connectivity index (χ1n) is 5.98. The topological polar surface area (TPSA) is 68.3 Å². The van der Waals surface area contributed by atoms with E-state index in [9.17, 15) is 9.59 Å². The van der Waals surface area contributed by atoms with E-state index in [-0.39, 0.29) is 5.56 Å². The molecule has 0 atom stereocenters. The number of halogens is 3. The summed E-state index contributed by atoms with van der Waals surface area (Å²) in [5.74, 6) is -1.13. The molecule has 0 aliphatic rings. The van der Waals surface area contributed by atoms with E-state index in [2.05, 4.69) is 26.2 Å². The Bertz CT molecular complexity index is 725. The van der Waals surface area contributed by atoms with Gasteiger partial charge in [-0.1, -0.05) is 23.2 Å². The zero-order valence-electron chi connectivity index (χ0n) is 11.0. The minimum Gasteiger partial charge on any atom is -0.452 e. The number of carbonyl (C=O) groups is 2. The van der Waals surface area contributed by atoms with Gasteiger partial charge in [0.1, 0.15) is 0 Å². The van der Waals surface area contributed by atoms with Gasteiger partial charge in [0.2, 0.25) is 0 Å². The Hall–Kier alpha value is -1.63. The normalized spacial score (nSPS) is 10.1. The Labute approximate surface area is 144 Å². The molecule has 8 heteroatoms. The average Bonchev–Trinajstić information content (AvgIpc) is 2.48. The van der Waals surface area contributed by atoms with Gasteiger partial charge in [0, 0.05) is 22.6 Å². The second-order valence-corrected chi connectivity index (χ2v) is 5.88. The minimum atomic E-state index is -0.641. The monoisotopic (exact) mass is 402 g/mol. The maximum Gasteiger partial charge on any atom is 0.340 e. The van der Waals surface area contributed by atoms with Crippen LogP contribution in [0.1, 0.15) is 10.4 Å².